The minimum Gasteiger partial charge on any atom is -0.431 e. The van der Waals surface area contributed by atoms with Crippen molar-refractivity contribution in [2.24, 2.45) is 0 Å². The fourth-order valence-electron chi connectivity index (χ4n) is 3.17. The van der Waals surface area contributed by atoms with Crippen molar-refractivity contribution >= 4 is 12.3 Å². The van der Waals surface area contributed by atoms with Crippen LogP contribution in [0.4, 0.5) is 9.59 Å². The van der Waals surface area contributed by atoms with Crippen LogP contribution in [0, 0.1) is 19.3 Å². The van der Waals surface area contributed by atoms with Gasteiger partial charge in [0.2, 0.25) is 0 Å². The molecule has 1 aliphatic heterocycles. The zero-order valence-corrected chi connectivity index (χ0v) is 20.6. The van der Waals surface area contributed by atoms with Crippen molar-refractivity contribution < 1.29 is 33.3 Å². The lowest BCUT2D eigenvalue weighted by Crippen LogP contribution is -2.42. The topological polar surface area (TPSA) is 124 Å². The predicted octanol–water partition coefficient (Wildman–Crippen LogP) is 2.51. The number of aromatic nitrogens is 2. The molecule has 0 spiro atoms. The van der Waals surface area contributed by atoms with Crippen LogP contribution in [-0.4, -0.2) is 51.5 Å². The number of rotatable bonds is 5. The zero-order valence-electron chi connectivity index (χ0n) is 20.6. The van der Waals surface area contributed by atoms with Crippen molar-refractivity contribution in [3.8, 4) is 12.3 Å². The summed E-state index contributed by atoms with van der Waals surface area (Å²) in [6.45, 7) is 11.1. The molecule has 11 nitrogen and oxygen atoms in total. The SMILES string of the molecule is C#CCn1c(=O)c(C)cn(C2C[C@H](OC(=O)OC(C)(C)C)[C@@H](COC(=O)OC(C)(C)C)O2)c1=O. The van der Waals surface area contributed by atoms with Crippen LogP contribution in [0.25, 0.3) is 0 Å². The lowest BCUT2D eigenvalue weighted by atomic mass is 10.2. The van der Waals surface area contributed by atoms with Gasteiger partial charge in [0.05, 0.1) is 6.54 Å². The van der Waals surface area contributed by atoms with Gasteiger partial charge in [-0.15, -0.1) is 6.42 Å². The van der Waals surface area contributed by atoms with Gasteiger partial charge in [0, 0.05) is 18.2 Å². The molecule has 2 heterocycles. The largest absolute Gasteiger partial charge is 0.509 e. The number of nitrogens with zero attached hydrogens (tertiary/aromatic N) is 2. The third-order valence-electron chi connectivity index (χ3n) is 4.50. The Bertz CT molecular complexity index is 1070. The summed E-state index contributed by atoms with van der Waals surface area (Å²) in [6.07, 6.45) is 2.05. The third-order valence-corrected chi connectivity index (χ3v) is 4.50. The molecule has 0 saturated carbocycles. The summed E-state index contributed by atoms with van der Waals surface area (Å²) in [5.74, 6) is 2.28. The molecule has 0 N–H and O–H groups in total. The molecule has 1 aromatic rings. The molecule has 0 aromatic carbocycles. The average Bonchev–Trinajstić information content (AvgIpc) is 3.05. The number of carbonyl (C=O) groups is 2. The summed E-state index contributed by atoms with van der Waals surface area (Å²) in [6, 6.07) is 0. The van der Waals surface area contributed by atoms with E-state index in [9.17, 15) is 19.2 Å². The Kier molecular flexibility index (Phi) is 8.21. The van der Waals surface area contributed by atoms with Gasteiger partial charge in [-0.25, -0.2) is 19.0 Å². The van der Waals surface area contributed by atoms with Gasteiger partial charge in [-0.3, -0.25) is 9.36 Å². The first-order valence-electron chi connectivity index (χ1n) is 10.8. The summed E-state index contributed by atoms with van der Waals surface area (Å²) >= 11 is 0. The first-order chi connectivity index (χ1) is 15.6. The van der Waals surface area contributed by atoms with E-state index in [2.05, 4.69) is 5.92 Å². The molecule has 1 fully saturated rings. The molecule has 3 atom stereocenters. The van der Waals surface area contributed by atoms with Crippen molar-refractivity contribution in [1.29, 1.82) is 0 Å². The first kappa shape index (κ1) is 27.0. The number of hydrogen-bond donors (Lipinski definition) is 0. The molecule has 0 radical (unpaired) electrons. The van der Waals surface area contributed by atoms with E-state index in [0.29, 0.717) is 0 Å². The van der Waals surface area contributed by atoms with E-state index in [1.54, 1.807) is 41.5 Å². The highest BCUT2D eigenvalue weighted by Gasteiger charge is 2.41. The average molecular weight is 481 g/mol. The number of aryl methyl sites for hydroxylation is 1. The normalized spacial score (nSPS) is 20.4. The van der Waals surface area contributed by atoms with Crippen LogP contribution in [0.3, 0.4) is 0 Å². The zero-order chi connectivity index (χ0) is 25.8. The van der Waals surface area contributed by atoms with Gasteiger partial charge in [-0.05, 0) is 48.5 Å². The second-order valence-corrected chi connectivity index (χ2v) is 9.86. The van der Waals surface area contributed by atoms with Gasteiger partial charge in [0.25, 0.3) is 5.56 Å². The number of ether oxygens (including phenoxy) is 5. The van der Waals surface area contributed by atoms with E-state index < -0.39 is 53.2 Å². The molecule has 0 bridgehead atoms. The van der Waals surface area contributed by atoms with E-state index in [4.69, 9.17) is 30.1 Å². The van der Waals surface area contributed by atoms with Gasteiger partial charge in [0.1, 0.15) is 36.2 Å². The van der Waals surface area contributed by atoms with Crippen molar-refractivity contribution in [3.05, 3.63) is 32.6 Å². The molecule has 1 saturated heterocycles. The third kappa shape index (κ3) is 7.38. The van der Waals surface area contributed by atoms with Crippen LogP contribution >= 0.6 is 0 Å². The minimum absolute atomic E-state index is 0.0369. The minimum atomic E-state index is -0.940. The number of terminal acetylenes is 1. The van der Waals surface area contributed by atoms with E-state index >= 15 is 0 Å². The summed E-state index contributed by atoms with van der Waals surface area (Å²) in [7, 11) is 0. The van der Waals surface area contributed by atoms with Gasteiger partial charge < -0.3 is 23.7 Å². The summed E-state index contributed by atoms with van der Waals surface area (Å²) in [5.41, 5.74) is -2.47. The van der Waals surface area contributed by atoms with Crippen LogP contribution in [0.15, 0.2) is 15.8 Å². The maximum Gasteiger partial charge on any atom is 0.509 e. The van der Waals surface area contributed by atoms with Crippen molar-refractivity contribution in [3.63, 3.8) is 0 Å². The Labute approximate surface area is 197 Å². The van der Waals surface area contributed by atoms with Crippen LogP contribution in [-0.2, 0) is 30.2 Å². The van der Waals surface area contributed by atoms with Crippen LogP contribution < -0.4 is 11.2 Å². The smallest absolute Gasteiger partial charge is 0.431 e. The second kappa shape index (κ2) is 10.3. The molecule has 2 rings (SSSR count). The number of hydrogen-bond acceptors (Lipinski definition) is 9. The Morgan fingerprint density at radius 3 is 2.26 bits per heavy atom. The molecule has 1 aliphatic rings. The standard InChI is InChI=1S/C23H32N2O9/c1-9-10-24-18(26)14(2)12-25(19(24)27)17-11-15(32-21(29)34-23(6,7)8)16(31-17)13-30-20(28)33-22(3,4)5/h1,12,15-17H,10-11,13H2,2-8H3/t15-,16+,17?/m0/s1. The molecule has 1 aromatic heterocycles. The van der Waals surface area contributed by atoms with E-state index in [0.717, 1.165) is 4.57 Å². The van der Waals surface area contributed by atoms with E-state index in [-0.39, 0.29) is 25.1 Å². The molecule has 0 aliphatic carbocycles. The van der Waals surface area contributed by atoms with Crippen LogP contribution in [0.1, 0.15) is 59.8 Å². The fraction of sp³-hybridized carbons (Fsp3) is 0.652. The van der Waals surface area contributed by atoms with Gasteiger partial charge in [0.15, 0.2) is 0 Å². The van der Waals surface area contributed by atoms with Crippen LogP contribution in [0.5, 0.6) is 0 Å². The van der Waals surface area contributed by atoms with Gasteiger partial charge >= 0.3 is 18.0 Å². The summed E-state index contributed by atoms with van der Waals surface area (Å²) in [5, 5.41) is 0. The second-order valence-electron chi connectivity index (χ2n) is 9.86. The fourth-order valence-corrected chi connectivity index (χ4v) is 3.17. The molecular weight excluding hydrogens is 448 g/mol. The molecule has 1 unspecified atom stereocenters. The monoisotopic (exact) mass is 480 g/mol. The van der Waals surface area contributed by atoms with E-state index in [1.807, 2.05) is 0 Å². The van der Waals surface area contributed by atoms with Gasteiger partial charge in [-0.2, -0.15) is 0 Å². The first-order valence-corrected chi connectivity index (χ1v) is 10.8. The van der Waals surface area contributed by atoms with E-state index in [1.165, 1.54) is 17.7 Å². The maximum atomic E-state index is 12.9. The highest BCUT2D eigenvalue weighted by Crippen LogP contribution is 2.31. The number of carbonyl (C=O) groups excluding carboxylic acids is 2. The maximum absolute atomic E-state index is 12.9. The van der Waals surface area contributed by atoms with Crippen molar-refractivity contribution in [1.82, 2.24) is 9.13 Å². The lowest BCUT2D eigenvalue weighted by Gasteiger charge is -2.23. The molecule has 0 amide bonds. The Morgan fingerprint density at radius 1 is 1.12 bits per heavy atom. The highest BCUT2D eigenvalue weighted by atomic mass is 16.8. The Balaban J connectivity index is 2.29. The lowest BCUT2D eigenvalue weighted by molar-refractivity contribution is -0.0823. The molecule has 34 heavy (non-hydrogen) atoms. The van der Waals surface area contributed by atoms with Crippen molar-refractivity contribution in [2.45, 2.75) is 91.1 Å². The summed E-state index contributed by atoms with van der Waals surface area (Å²) in [4.78, 5) is 49.4. The Morgan fingerprint density at radius 2 is 1.71 bits per heavy atom. The molecule has 11 heteroatoms. The van der Waals surface area contributed by atoms with Crippen molar-refractivity contribution in [2.75, 3.05) is 6.61 Å². The molecular formula is C23H32N2O9. The quantitative estimate of drug-likeness (QED) is 0.462. The Hall–Kier alpha value is -3.26. The predicted molar refractivity (Wildman–Crippen MR) is 120 cm³/mol. The summed E-state index contributed by atoms with van der Waals surface area (Å²) < 4.78 is 28.9. The highest BCUT2D eigenvalue weighted by molar-refractivity contribution is 5.61. The van der Waals surface area contributed by atoms with Gasteiger partial charge in [-0.1, -0.05) is 5.92 Å². The molecule has 188 valence electrons. The van der Waals surface area contributed by atoms with Crippen LogP contribution in [0.2, 0.25) is 0 Å².